The van der Waals surface area contributed by atoms with Crippen LogP contribution in [0.3, 0.4) is 0 Å². The standard InChI is InChI=1S/C13H17F2NO3/c1-13(2,3)19-12(18)16-5-4-8-6-11(17)10(15)7-9(8)14/h6-7,17H,4-5H2,1-3H3,(H,16,18). The molecule has 6 heteroatoms. The van der Waals surface area contributed by atoms with E-state index in [0.29, 0.717) is 6.07 Å². The highest BCUT2D eigenvalue weighted by Crippen LogP contribution is 2.20. The number of carbonyl (C=O) groups is 1. The van der Waals surface area contributed by atoms with Crippen molar-refractivity contribution in [1.82, 2.24) is 5.32 Å². The second-order valence-electron chi connectivity index (χ2n) is 5.07. The number of alkyl carbamates (subject to hydrolysis) is 1. The summed E-state index contributed by atoms with van der Waals surface area (Å²) in [5, 5.41) is 11.6. The van der Waals surface area contributed by atoms with Crippen molar-refractivity contribution in [1.29, 1.82) is 0 Å². The van der Waals surface area contributed by atoms with Gasteiger partial charge in [-0.2, -0.15) is 0 Å². The number of amides is 1. The van der Waals surface area contributed by atoms with Crippen LogP contribution in [0.25, 0.3) is 0 Å². The zero-order valence-corrected chi connectivity index (χ0v) is 11.1. The predicted molar refractivity (Wildman–Crippen MR) is 66.0 cm³/mol. The zero-order valence-electron chi connectivity index (χ0n) is 11.1. The van der Waals surface area contributed by atoms with Crippen molar-refractivity contribution in [3.05, 3.63) is 29.3 Å². The molecule has 0 aliphatic heterocycles. The number of aromatic hydroxyl groups is 1. The monoisotopic (exact) mass is 273 g/mol. The maximum Gasteiger partial charge on any atom is 0.407 e. The number of ether oxygens (including phenoxy) is 1. The summed E-state index contributed by atoms with van der Waals surface area (Å²) >= 11 is 0. The molecule has 0 fully saturated rings. The SMILES string of the molecule is CC(C)(C)OC(=O)NCCc1cc(O)c(F)cc1F. The summed E-state index contributed by atoms with van der Waals surface area (Å²) in [4.78, 5) is 11.3. The molecule has 4 nitrogen and oxygen atoms in total. The molecule has 1 aromatic carbocycles. The van der Waals surface area contributed by atoms with Crippen LogP contribution in [0.15, 0.2) is 12.1 Å². The van der Waals surface area contributed by atoms with Gasteiger partial charge in [0.25, 0.3) is 0 Å². The Hall–Kier alpha value is -1.85. The van der Waals surface area contributed by atoms with Crippen LogP contribution in [0.4, 0.5) is 13.6 Å². The molecule has 0 atom stereocenters. The first kappa shape index (κ1) is 15.2. The average molecular weight is 273 g/mol. The van der Waals surface area contributed by atoms with E-state index in [1.165, 1.54) is 0 Å². The van der Waals surface area contributed by atoms with Gasteiger partial charge in [0.15, 0.2) is 11.6 Å². The Balaban J connectivity index is 2.50. The number of carbonyl (C=O) groups excluding carboxylic acids is 1. The molecule has 0 aliphatic rings. The van der Waals surface area contributed by atoms with E-state index in [2.05, 4.69) is 5.32 Å². The van der Waals surface area contributed by atoms with Crippen LogP contribution in [0, 0.1) is 11.6 Å². The number of phenols is 1. The van der Waals surface area contributed by atoms with Crippen LogP contribution in [0.5, 0.6) is 5.75 Å². The van der Waals surface area contributed by atoms with Crippen LogP contribution in [0.2, 0.25) is 0 Å². The summed E-state index contributed by atoms with van der Waals surface area (Å²) in [6, 6.07) is 1.61. The van der Waals surface area contributed by atoms with Crippen molar-refractivity contribution in [2.75, 3.05) is 6.54 Å². The maximum absolute atomic E-state index is 13.3. The first-order valence-electron chi connectivity index (χ1n) is 5.83. The number of phenolic OH excluding ortho intramolecular Hbond substituents is 1. The van der Waals surface area contributed by atoms with Gasteiger partial charge in [0.1, 0.15) is 11.4 Å². The number of nitrogens with one attached hydrogen (secondary N) is 1. The molecule has 0 aromatic heterocycles. The second kappa shape index (κ2) is 5.86. The molecule has 0 spiro atoms. The van der Waals surface area contributed by atoms with E-state index in [0.717, 1.165) is 6.07 Å². The van der Waals surface area contributed by atoms with Crippen molar-refractivity contribution in [3.8, 4) is 5.75 Å². The van der Waals surface area contributed by atoms with Gasteiger partial charge in [-0.05, 0) is 38.8 Å². The fourth-order valence-corrected chi connectivity index (χ4v) is 1.39. The van der Waals surface area contributed by atoms with Gasteiger partial charge in [0.05, 0.1) is 0 Å². The molecule has 0 aliphatic carbocycles. The van der Waals surface area contributed by atoms with Crippen LogP contribution in [0.1, 0.15) is 26.3 Å². The van der Waals surface area contributed by atoms with E-state index in [-0.39, 0.29) is 18.5 Å². The Bertz CT molecular complexity index is 470. The van der Waals surface area contributed by atoms with Gasteiger partial charge in [-0.3, -0.25) is 0 Å². The normalized spacial score (nSPS) is 11.2. The minimum Gasteiger partial charge on any atom is -0.505 e. The lowest BCUT2D eigenvalue weighted by atomic mass is 10.1. The van der Waals surface area contributed by atoms with E-state index >= 15 is 0 Å². The van der Waals surface area contributed by atoms with Crippen LogP contribution in [-0.2, 0) is 11.2 Å². The molecule has 0 bridgehead atoms. The first-order chi connectivity index (χ1) is 8.69. The Morgan fingerprint density at radius 2 is 1.95 bits per heavy atom. The predicted octanol–water partition coefficient (Wildman–Crippen LogP) is 2.74. The molecule has 1 amide bonds. The smallest absolute Gasteiger partial charge is 0.407 e. The average Bonchev–Trinajstić information content (AvgIpc) is 2.22. The molecule has 106 valence electrons. The molecular formula is C13H17F2NO3. The largest absolute Gasteiger partial charge is 0.505 e. The van der Waals surface area contributed by atoms with Gasteiger partial charge in [-0.25, -0.2) is 13.6 Å². The minimum absolute atomic E-state index is 0.120. The van der Waals surface area contributed by atoms with Gasteiger partial charge in [0.2, 0.25) is 0 Å². The molecular weight excluding hydrogens is 256 g/mol. The number of hydrogen-bond acceptors (Lipinski definition) is 3. The zero-order chi connectivity index (χ0) is 14.6. The molecule has 0 saturated heterocycles. The van der Waals surface area contributed by atoms with E-state index in [1.807, 2.05) is 0 Å². The first-order valence-corrected chi connectivity index (χ1v) is 5.83. The number of rotatable bonds is 3. The third-order valence-electron chi connectivity index (χ3n) is 2.18. The third kappa shape index (κ3) is 5.11. The highest BCUT2D eigenvalue weighted by molar-refractivity contribution is 5.67. The second-order valence-corrected chi connectivity index (χ2v) is 5.07. The quantitative estimate of drug-likeness (QED) is 0.890. The number of benzene rings is 1. The maximum atomic E-state index is 13.3. The van der Waals surface area contributed by atoms with Gasteiger partial charge in [-0.15, -0.1) is 0 Å². The summed E-state index contributed by atoms with van der Waals surface area (Å²) in [5.74, 6) is -2.39. The van der Waals surface area contributed by atoms with Crippen molar-refractivity contribution >= 4 is 6.09 Å². The summed E-state index contributed by atoms with van der Waals surface area (Å²) in [6.07, 6.45) is -0.488. The molecule has 0 saturated carbocycles. The lowest BCUT2D eigenvalue weighted by Gasteiger charge is -2.19. The molecule has 1 rings (SSSR count). The molecule has 1 aromatic rings. The molecule has 0 radical (unpaired) electrons. The highest BCUT2D eigenvalue weighted by atomic mass is 19.1. The lowest BCUT2D eigenvalue weighted by Crippen LogP contribution is -2.33. The summed E-state index contributed by atoms with van der Waals surface area (Å²) in [6.45, 7) is 5.30. The Morgan fingerprint density at radius 3 is 2.53 bits per heavy atom. The van der Waals surface area contributed by atoms with E-state index < -0.39 is 29.1 Å². The number of hydrogen-bond donors (Lipinski definition) is 2. The fourth-order valence-electron chi connectivity index (χ4n) is 1.39. The van der Waals surface area contributed by atoms with Crippen LogP contribution < -0.4 is 5.32 Å². The van der Waals surface area contributed by atoms with Gasteiger partial charge in [-0.1, -0.05) is 0 Å². The van der Waals surface area contributed by atoms with Gasteiger partial charge >= 0.3 is 6.09 Å². The molecule has 19 heavy (non-hydrogen) atoms. The van der Waals surface area contributed by atoms with E-state index in [4.69, 9.17) is 9.84 Å². The van der Waals surface area contributed by atoms with E-state index in [9.17, 15) is 13.6 Å². The Kier molecular flexibility index (Phi) is 4.69. The highest BCUT2D eigenvalue weighted by Gasteiger charge is 2.16. The summed E-state index contributed by atoms with van der Waals surface area (Å²) in [5.41, 5.74) is -0.487. The third-order valence-corrected chi connectivity index (χ3v) is 2.18. The Labute approximate surface area is 110 Å². The lowest BCUT2D eigenvalue weighted by molar-refractivity contribution is 0.0528. The molecule has 0 heterocycles. The topological polar surface area (TPSA) is 58.6 Å². The number of halogens is 2. The minimum atomic E-state index is -1.01. The van der Waals surface area contributed by atoms with E-state index in [1.54, 1.807) is 20.8 Å². The van der Waals surface area contributed by atoms with Crippen molar-refractivity contribution in [2.24, 2.45) is 0 Å². The van der Waals surface area contributed by atoms with Gasteiger partial charge < -0.3 is 15.2 Å². The van der Waals surface area contributed by atoms with Crippen LogP contribution in [-0.4, -0.2) is 23.3 Å². The molecule has 2 N–H and O–H groups in total. The molecule has 0 unspecified atom stereocenters. The summed E-state index contributed by atoms with van der Waals surface area (Å²) in [7, 11) is 0. The fraction of sp³-hybridized carbons (Fsp3) is 0.462. The Morgan fingerprint density at radius 1 is 1.32 bits per heavy atom. The van der Waals surface area contributed by atoms with Crippen molar-refractivity contribution in [3.63, 3.8) is 0 Å². The van der Waals surface area contributed by atoms with Gasteiger partial charge in [0, 0.05) is 12.6 Å². The summed E-state index contributed by atoms with van der Waals surface area (Å²) < 4.78 is 31.1. The van der Waals surface area contributed by atoms with Crippen molar-refractivity contribution in [2.45, 2.75) is 32.8 Å². The van der Waals surface area contributed by atoms with Crippen molar-refractivity contribution < 1.29 is 23.4 Å². The van der Waals surface area contributed by atoms with Crippen LogP contribution >= 0.6 is 0 Å².